The van der Waals surface area contributed by atoms with Crippen LogP contribution in [0.2, 0.25) is 10.0 Å². The number of nitrogens with zero attached hydrogens (tertiary/aromatic N) is 1. The van der Waals surface area contributed by atoms with Crippen LogP contribution in [0.25, 0.3) is 0 Å². The Bertz CT molecular complexity index is 1230. The fourth-order valence-corrected chi connectivity index (χ4v) is 5.53. The van der Waals surface area contributed by atoms with Crippen molar-refractivity contribution in [3.05, 3.63) is 93.5 Å². The van der Waals surface area contributed by atoms with Crippen LogP contribution in [0.15, 0.2) is 66.7 Å². The van der Waals surface area contributed by atoms with Gasteiger partial charge in [0.15, 0.2) is 5.66 Å². The summed E-state index contributed by atoms with van der Waals surface area (Å²) >= 11 is 12.4. The lowest BCUT2D eigenvalue weighted by molar-refractivity contribution is -0.140. The van der Waals surface area contributed by atoms with Gasteiger partial charge in [-0.05, 0) is 47.5 Å². The van der Waals surface area contributed by atoms with Gasteiger partial charge in [0.05, 0.1) is 19.2 Å². The standard InChI is InChI=1S/C29H31Cl2FN4O3/c1-38-23-10-11-24(25(18-23)39-17-12-32)29(28(37)36-15-13-33-14-16-36)34-26(19-2-6-21(30)7-3-19)27(35-29)20-4-8-22(31)9-5-20/h2-11,18,26-27,33-35H,12-17H2,1H3. The van der Waals surface area contributed by atoms with Crippen molar-refractivity contribution in [2.24, 2.45) is 0 Å². The summed E-state index contributed by atoms with van der Waals surface area (Å²) in [7, 11) is 1.55. The largest absolute Gasteiger partial charge is 0.497 e. The van der Waals surface area contributed by atoms with Crippen molar-refractivity contribution < 1.29 is 18.7 Å². The molecule has 2 aliphatic rings. The van der Waals surface area contributed by atoms with E-state index in [-0.39, 0.29) is 24.6 Å². The third-order valence-corrected chi connectivity index (χ3v) is 7.69. The van der Waals surface area contributed by atoms with Crippen molar-refractivity contribution in [1.82, 2.24) is 20.9 Å². The van der Waals surface area contributed by atoms with Crippen LogP contribution < -0.4 is 25.4 Å². The van der Waals surface area contributed by atoms with Crippen LogP contribution in [-0.2, 0) is 10.5 Å². The number of ether oxygens (including phenoxy) is 2. The second kappa shape index (κ2) is 12.1. The lowest BCUT2D eigenvalue weighted by atomic mass is 9.95. The van der Waals surface area contributed by atoms with Crippen LogP contribution in [0.3, 0.4) is 0 Å². The molecule has 0 spiro atoms. The minimum atomic E-state index is -1.39. The molecule has 2 atom stereocenters. The van der Waals surface area contributed by atoms with E-state index in [9.17, 15) is 9.18 Å². The Kier molecular flexibility index (Phi) is 8.59. The summed E-state index contributed by atoms with van der Waals surface area (Å²) in [5, 5.41) is 11.9. The Morgan fingerprint density at radius 3 is 2.03 bits per heavy atom. The number of hydrogen-bond donors (Lipinski definition) is 3. The quantitative estimate of drug-likeness (QED) is 0.366. The molecule has 1 amide bonds. The third kappa shape index (κ3) is 5.71. The highest BCUT2D eigenvalue weighted by molar-refractivity contribution is 6.30. The smallest absolute Gasteiger partial charge is 0.262 e. The van der Waals surface area contributed by atoms with Gasteiger partial charge in [-0.1, -0.05) is 47.5 Å². The Morgan fingerprint density at radius 2 is 1.51 bits per heavy atom. The maximum Gasteiger partial charge on any atom is 0.262 e. The third-order valence-electron chi connectivity index (χ3n) is 7.19. The monoisotopic (exact) mass is 572 g/mol. The van der Waals surface area contributed by atoms with Gasteiger partial charge in [0.1, 0.15) is 24.8 Å². The first kappa shape index (κ1) is 27.7. The van der Waals surface area contributed by atoms with E-state index in [0.717, 1.165) is 11.1 Å². The molecule has 0 bridgehead atoms. The molecular weight excluding hydrogens is 542 g/mol. The Labute approximate surface area is 237 Å². The maximum absolute atomic E-state index is 14.5. The lowest BCUT2D eigenvalue weighted by Crippen LogP contribution is -2.61. The zero-order valence-corrected chi connectivity index (χ0v) is 23.1. The number of halogens is 3. The van der Waals surface area contributed by atoms with Crippen LogP contribution >= 0.6 is 23.2 Å². The molecule has 3 aromatic rings. The predicted molar refractivity (Wildman–Crippen MR) is 150 cm³/mol. The highest BCUT2D eigenvalue weighted by Crippen LogP contribution is 2.45. The van der Waals surface area contributed by atoms with Gasteiger partial charge in [0.25, 0.3) is 5.91 Å². The van der Waals surface area contributed by atoms with Gasteiger partial charge >= 0.3 is 0 Å². The summed E-state index contributed by atoms with van der Waals surface area (Å²) in [5.74, 6) is 0.760. The fourth-order valence-electron chi connectivity index (χ4n) is 5.27. The summed E-state index contributed by atoms with van der Waals surface area (Å²) in [6.45, 7) is 1.67. The summed E-state index contributed by atoms with van der Waals surface area (Å²) in [6.07, 6.45) is 0. The normalized spacial score (nSPS) is 23.0. The average molecular weight is 573 g/mol. The number of rotatable bonds is 8. The zero-order chi connectivity index (χ0) is 27.4. The van der Waals surface area contributed by atoms with E-state index >= 15 is 0 Å². The van der Waals surface area contributed by atoms with Crippen molar-refractivity contribution in [1.29, 1.82) is 0 Å². The van der Waals surface area contributed by atoms with Crippen molar-refractivity contribution in [3.63, 3.8) is 0 Å². The first-order valence-corrected chi connectivity index (χ1v) is 13.6. The number of methoxy groups -OCH3 is 1. The molecular formula is C29H31Cl2FN4O3. The number of alkyl halides is 1. The topological polar surface area (TPSA) is 74.9 Å². The molecule has 2 aliphatic heterocycles. The van der Waals surface area contributed by atoms with Crippen LogP contribution in [0.4, 0.5) is 4.39 Å². The van der Waals surface area contributed by atoms with E-state index in [4.69, 9.17) is 32.7 Å². The Balaban J connectivity index is 1.67. The van der Waals surface area contributed by atoms with Gasteiger partial charge in [-0.15, -0.1) is 0 Å². The predicted octanol–water partition coefficient (Wildman–Crippen LogP) is 4.61. The molecule has 2 heterocycles. The van der Waals surface area contributed by atoms with Gasteiger partial charge < -0.3 is 19.7 Å². The molecule has 2 saturated heterocycles. The fraction of sp³-hybridized carbons (Fsp3) is 0.345. The van der Waals surface area contributed by atoms with E-state index in [1.54, 1.807) is 25.3 Å². The number of hydrogen-bond acceptors (Lipinski definition) is 6. The number of amides is 1. The number of carbonyl (C=O) groups excluding carboxylic acids is 1. The molecule has 5 rings (SSSR count). The summed E-state index contributed by atoms with van der Waals surface area (Å²) in [5.41, 5.74) is 1.06. The average Bonchev–Trinajstić information content (AvgIpc) is 3.38. The van der Waals surface area contributed by atoms with E-state index in [1.165, 1.54) is 0 Å². The van der Waals surface area contributed by atoms with Gasteiger partial charge in [-0.25, -0.2) is 4.39 Å². The summed E-state index contributed by atoms with van der Waals surface area (Å²) in [6, 6.07) is 19.7. The van der Waals surface area contributed by atoms with Gasteiger partial charge in [-0.3, -0.25) is 15.4 Å². The molecule has 0 aromatic heterocycles. The van der Waals surface area contributed by atoms with Crippen molar-refractivity contribution in [2.75, 3.05) is 46.6 Å². The van der Waals surface area contributed by atoms with E-state index in [0.29, 0.717) is 53.3 Å². The van der Waals surface area contributed by atoms with Crippen molar-refractivity contribution >= 4 is 29.1 Å². The number of nitrogens with one attached hydrogen (secondary N) is 3. The molecule has 3 N–H and O–H groups in total. The lowest BCUT2D eigenvalue weighted by Gasteiger charge is -2.38. The van der Waals surface area contributed by atoms with Gasteiger partial charge in [-0.2, -0.15) is 0 Å². The molecule has 0 aliphatic carbocycles. The molecule has 10 heteroatoms. The second-order valence-corrected chi connectivity index (χ2v) is 10.4. The number of carbonyl (C=O) groups is 1. The minimum absolute atomic E-state index is 0.144. The minimum Gasteiger partial charge on any atom is -0.497 e. The van der Waals surface area contributed by atoms with Crippen molar-refractivity contribution in [2.45, 2.75) is 17.7 Å². The molecule has 0 saturated carbocycles. The second-order valence-electron chi connectivity index (χ2n) is 9.54. The van der Waals surface area contributed by atoms with Crippen LogP contribution in [0.5, 0.6) is 11.5 Å². The van der Waals surface area contributed by atoms with Crippen molar-refractivity contribution in [3.8, 4) is 11.5 Å². The molecule has 3 aromatic carbocycles. The van der Waals surface area contributed by atoms with Gasteiger partial charge in [0, 0.05) is 47.9 Å². The number of piperazine rings is 1. The Hall–Kier alpha value is -2.88. The van der Waals surface area contributed by atoms with E-state index in [1.807, 2.05) is 53.4 Å². The van der Waals surface area contributed by atoms with Crippen LogP contribution in [0, 0.1) is 0 Å². The molecule has 7 nitrogen and oxygen atoms in total. The van der Waals surface area contributed by atoms with E-state index < -0.39 is 12.3 Å². The van der Waals surface area contributed by atoms with Crippen LogP contribution in [-0.4, -0.2) is 57.4 Å². The molecule has 2 unspecified atom stereocenters. The first-order valence-electron chi connectivity index (χ1n) is 12.9. The molecule has 206 valence electrons. The first-order chi connectivity index (χ1) is 18.9. The van der Waals surface area contributed by atoms with Gasteiger partial charge in [0.2, 0.25) is 0 Å². The van der Waals surface area contributed by atoms with E-state index in [2.05, 4.69) is 16.0 Å². The summed E-state index contributed by atoms with van der Waals surface area (Å²) in [4.78, 5) is 16.4. The van der Waals surface area contributed by atoms with Crippen LogP contribution in [0.1, 0.15) is 28.8 Å². The molecule has 2 fully saturated rings. The maximum atomic E-state index is 14.5. The Morgan fingerprint density at radius 1 is 0.949 bits per heavy atom. The molecule has 39 heavy (non-hydrogen) atoms. The highest BCUT2D eigenvalue weighted by atomic mass is 35.5. The molecule has 0 radical (unpaired) electrons. The zero-order valence-electron chi connectivity index (χ0n) is 21.6. The summed E-state index contributed by atoms with van der Waals surface area (Å²) < 4.78 is 24.5. The SMILES string of the molecule is COc1ccc(C2(C(=O)N3CCNCC3)NC(c3ccc(Cl)cc3)C(c3ccc(Cl)cc3)N2)c(OCCF)c1. The highest BCUT2D eigenvalue weighted by Gasteiger charge is 2.54. The number of benzene rings is 3.